The lowest BCUT2D eigenvalue weighted by molar-refractivity contribution is 0.0527. The van der Waals surface area contributed by atoms with Crippen molar-refractivity contribution in [2.45, 2.75) is 20.8 Å². The molecule has 2 heterocycles. The van der Waals surface area contributed by atoms with Crippen LogP contribution in [0.5, 0.6) is 0 Å². The maximum atomic E-state index is 13.3. The lowest BCUT2D eigenvalue weighted by Crippen LogP contribution is -2.18. The maximum absolute atomic E-state index is 13.3. The molecule has 0 saturated heterocycles. The molecular formula is C24H21FN4O3. The molecule has 7 nitrogen and oxygen atoms in total. The standard InChI is InChI=1S/C24H21FN4O3/c1-4-32-24(31)19-13-26-29(22(19)28-23(30)16-8-10-17(25)11-9-16)20-12-15(3)18-7-5-6-14(2)21(18)27-20/h5-13H,4H2,1-3H3,(H,28,30). The van der Waals surface area contributed by atoms with Crippen molar-refractivity contribution in [3.8, 4) is 5.82 Å². The van der Waals surface area contributed by atoms with Crippen molar-refractivity contribution in [2.24, 2.45) is 0 Å². The van der Waals surface area contributed by atoms with Crippen LogP contribution in [0.15, 0.2) is 54.7 Å². The largest absolute Gasteiger partial charge is 0.462 e. The molecule has 0 unspecified atom stereocenters. The van der Waals surface area contributed by atoms with Crippen LogP contribution >= 0.6 is 0 Å². The third-order valence-electron chi connectivity index (χ3n) is 5.05. The van der Waals surface area contributed by atoms with Gasteiger partial charge in [-0.15, -0.1) is 0 Å². The summed E-state index contributed by atoms with van der Waals surface area (Å²) in [6, 6.07) is 12.8. The number of amides is 1. The van der Waals surface area contributed by atoms with Crippen LogP contribution in [-0.2, 0) is 4.74 Å². The highest BCUT2D eigenvalue weighted by molar-refractivity contribution is 6.07. The average Bonchev–Trinajstić information content (AvgIpc) is 3.18. The van der Waals surface area contributed by atoms with Gasteiger partial charge in [0.1, 0.15) is 11.4 Å². The highest BCUT2D eigenvalue weighted by atomic mass is 19.1. The summed E-state index contributed by atoms with van der Waals surface area (Å²) in [7, 11) is 0. The minimum atomic E-state index is -0.623. The van der Waals surface area contributed by atoms with Crippen LogP contribution in [0, 0.1) is 19.7 Å². The number of pyridine rings is 1. The van der Waals surface area contributed by atoms with E-state index in [4.69, 9.17) is 9.72 Å². The highest BCUT2D eigenvalue weighted by Gasteiger charge is 2.23. The number of carbonyl (C=O) groups is 2. The summed E-state index contributed by atoms with van der Waals surface area (Å²) >= 11 is 0. The zero-order valence-electron chi connectivity index (χ0n) is 17.8. The van der Waals surface area contributed by atoms with Gasteiger partial charge in [0, 0.05) is 10.9 Å². The first kappa shape index (κ1) is 21.2. The first-order valence-electron chi connectivity index (χ1n) is 10.1. The summed E-state index contributed by atoms with van der Waals surface area (Å²) in [5.41, 5.74) is 3.07. The van der Waals surface area contributed by atoms with Crippen molar-refractivity contribution < 1.29 is 18.7 Å². The second-order valence-corrected chi connectivity index (χ2v) is 7.27. The molecule has 0 aliphatic heterocycles. The fourth-order valence-electron chi connectivity index (χ4n) is 3.43. The number of fused-ring (bicyclic) bond motifs is 1. The number of halogens is 1. The van der Waals surface area contributed by atoms with Gasteiger partial charge in [-0.3, -0.25) is 4.79 Å². The average molecular weight is 432 g/mol. The normalized spacial score (nSPS) is 10.9. The number of nitrogens with zero attached hydrogens (tertiary/aromatic N) is 3. The molecule has 0 bridgehead atoms. The van der Waals surface area contributed by atoms with Crippen molar-refractivity contribution >= 4 is 28.6 Å². The number of rotatable bonds is 5. The molecule has 0 spiro atoms. The second kappa shape index (κ2) is 8.58. The van der Waals surface area contributed by atoms with Crippen LogP contribution in [0.25, 0.3) is 16.7 Å². The SMILES string of the molecule is CCOC(=O)c1cnn(-c2cc(C)c3cccc(C)c3n2)c1NC(=O)c1ccc(F)cc1. The molecule has 2 aromatic carbocycles. The fraction of sp³-hybridized carbons (Fsp3) is 0.167. The van der Waals surface area contributed by atoms with Crippen LogP contribution in [0.3, 0.4) is 0 Å². The maximum Gasteiger partial charge on any atom is 0.343 e. The molecule has 162 valence electrons. The Bertz CT molecular complexity index is 1330. The molecule has 0 fully saturated rings. The number of benzene rings is 2. The van der Waals surface area contributed by atoms with E-state index in [1.54, 1.807) is 6.92 Å². The van der Waals surface area contributed by atoms with E-state index in [0.29, 0.717) is 5.82 Å². The number of ether oxygens (including phenoxy) is 1. The summed E-state index contributed by atoms with van der Waals surface area (Å²) in [6.07, 6.45) is 1.33. The van der Waals surface area contributed by atoms with Crippen LogP contribution in [0.1, 0.15) is 38.8 Å². The Morgan fingerprint density at radius 1 is 1.09 bits per heavy atom. The number of para-hydroxylation sites is 1. The van der Waals surface area contributed by atoms with E-state index in [1.807, 2.05) is 38.1 Å². The fourth-order valence-corrected chi connectivity index (χ4v) is 3.43. The smallest absolute Gasteiger partial charge is 0.343 e. The number of nitrogens with one attached hydrogen (secondary N) is 1. The van der Waals surface area contributed by atoms with Gasteiger partial charge in [0.15, 0.2) is 11.6 Å². The van der Waals surface area contributed by atoms with Gasteiger partial charge in [0.05, 0.1) is 18.3 Å². The Labute approximate surface area is 183 Å². The number of anilines is 1. The summed E-state index contributed by atoms with van der Waals surface area (Å²) < 4.78 is 19.8. The zero-order valence-corrected chi connectivity index (χ0v) is 17.8. The van der Waals surface area contributed by atoms with Gasteiger partial charge in [0.2, 0.25) is 0 Å². The van der Waals surface area contributed by atoms with Crippen molar-refractivity contribution in [3.05, 3.63) is 82.8 Å². The van der Waals surface area contributed by atoms with Crippen molar-refractivity contribution in [1.82, 2.24) is 14.8 Å². The van der Waals surface area contributed by atoms with Crippen LogP contribution < -0.4 is 5.32 Å². The molecule has 4 rings (SSSR count). The van der Waals surface area contributed by atoms with Gasteiger partial charge < -0.3 is 10.1 Å². The Kier molecular flexibility index (Phi) is 5.68. The molecule has 0 radical (unpaired) electrons. The number of aromatic nitrogens is 3. The van der Waals surface area contributed by atoms with Crippen LogP contribution in [-0.4, -0.2) is 33.2 Å². The predicted molar refractivity (Wildman–Crippen MR) is 119 cm³/mol. The van der Waals surface area contributed by atoms with E-state index in [0.717, 1.165) is 22.0 Å². The van der Waals surface area contributed by atoms with Gasteiger partial charge in [0.25, 0.3) is 5.91 Å². The number of hydrogen-bond acceptors (Lipinski definition) is 5. The Hall–Kier alpha value is -4.07. The molecule has 4 aromatic rings. The Morgan fingerprint density at radius 2 is 1.84 bits per heavy atom. The molecule has 1 amide bonds. The summed E-state index contributed by atoms with van der Waals surface area (Å²) in [5.74, 6) is -1.04. The van der Waals surface area contributed by atoms with Gasteiger partial charge in [-0.25, -0.2) is 14.2 Å². The molecule has 2 aromatic heterocycles. The van der Waals surface area contributed by atoms with E-state index in [2.05, 4.69) is 10.4 Å². The highest BCUT2D eigenvalue weighted by Crippen LogP contribution is 2.26. The van der Waals surface area contributed by atoms with Gasteiger partial charge in [-0.05, 0) is 62.2 Å². The van der Waals surface area contributed by atoms with E-state index in [-0.39, 0.29) is 23.6 Å². The minimum Gasteiger partial charge on any atom is -0.462 e. The van der Waals surface area contributed by atoms with Gasteiger partial charge in [-0.2, -0.15) is 9.78 Å². The molecule has 0 aliphatic rings. The summed E-state index contributed by atoms with van der Waals surface area (Å²) in [6.45, 7) is 5.78. The number of esters is 1. The van der Waals surface area contributed by atoms with Crippen LogP contribution in [0.4, 0.5) is 10.2 Å². The topological polar surface area (TPSA) is 86.1 Å². The summed E-state index contributed by atoms with van der Waals surface area (Å²) in [5, 5.41) is 8.02. The van der Waals surface area contributed by atoms with E-state index < -0.39 is 17.7 Å². The van der Waals surface area contributed by atoms with Crippen molar-refractivity contribution in [1.29, 1.82) is 0 Å². The zero-order chi connectivity index (χ0) is 22.8. The Balaban J connectivity index is 1.83. The summed E-state index contributed by atoms with van der Waals surface area (Å²) in [4.78, 5) is 30.1. The molecule has 32 heavy (non-hydrogen) atoms. The minimum absolute atomic E-state index is 0.0895. The number of carbonyl (C=O) groups excluding carboxylic acids is 2. The lowest BCUT2D eigenvalue weighted by Gasteiger charge is -2.13. The van der Waals surface area contributed by atoms with Crippen LogP contribution in [0.2, 0.25) is 0 Å². The lowest BCUT2D eigenvalue weighted by atomic mass is 10.1. The first-order chi connectivity index (χ1) is 15.4. The molecule has 1 N–H and O–H groups in total. The van der Waals surface area contributed by atoms with Gasteiger partial charge >= 0.3 is 5.97 Å². The number of hydrogen-bond donors (Lipinski definition) is 1. The second-order valence-electron chi connectivity index (χ2n) is 7.27. The molecule has 0 saturated carbocycles. The monoisotopic (exact) mass is 432 g/mol. The molecule has 0 atom stereocenters. The van der Waals surface area contributed by atoms with E-state index >= 15 is 0 Å². The van der Waals surface area contributed by atoms with Gasteiger partial charge in [-0.1, -0.05) is 18.2 Å². The van der Waals surface area contributed by atoms with Crippen molar-refractivity contribution in [3.63, 3.8) is 0 Å². The third-order valence-corrected chi connectivity index (χ3v) is 5.05. The molecule has 8 heteroatoms. The first-order valence-corrected chi connectivity index (χ1v) is 10.1. The van der Waals surface area contributed by atoms with E-state index in [9.17, 15) is 14.0 Å². The van der Waals surface area contributed by atoms with E-state index in [1.165, 1.54) is 35.1 Å². The predicted octanol–water partition coefficient (Wildman–Crippen LogP) is 4.61. The number of aryl methyl sites for hydroxylation is 2. The van der Waals surface area contributed by atoms with Crippen molar-refractivity contribution in [2.75, 3.05) is 11.9 Å². The quantitative estimate of drug-likeness (QED) is 0.466. The Morgan fingerprint density at radius 3 is 2.56 bits per heavy atom. The molecule has 0 aliphatic carbocycles. The third kappa shape index (κ3) is 3.94. The molecular weight excluding hydrogens is 411 g/mol.